The van der Waals surface area contributed by atoms with Crippen LogP contribution < -0.4 is 9.47 Å². The van der Waals surface area contributed by atoms with E-state index in [1.54, 1.807) is 0 Å². The van der Waals surface area contributed by atoms with E-state index in [0.717, 1.165) is 53.9 Å². The van der Waals surface area contributed by atoms with Crippen molar-refractivity contribution in [2.24, 2.45) is 4.99 Å². The predicted octanol–water partition coefficient (Wildman–Crippen LogP) is 5.60. The number of ether oxygens (including phenoxy) is 2. The van der Waals surface area contributed by atoms with Crippen molar-refractivity contribution < 1.29 is 9.47 Å². The molecule has 3 aromatic rings. The molecule has 0 fully saturated rings. The van der Waals surface area contributed by atoms with E-state index in [9.17, 15) is 0 Å². The summed E-state index contributed by atoms with van der Waals surface area (Å²) in [7, 11) is 0. The summed E-state index contributed by atoms with van der Waals surface area (Å²) in [5.74, 6) is 2.41. The lowest BCUT2D eigenvalue weighted by Gasteiger charge is -2.13. The topological polar surface area (TPSA) is 34.1 Å². The van der Waals surface area contributed by atoms with Crippen molar-refractivity contribution in [3.8, 4) is 17.2 Å². The highest BCUT2D eigenvalue weighted by Crippen LogP contribution is 2.25. The molecule has 0 N–H and O–H groups in total. The van der Waals surface area contributed by atoms with Crippen LogP contribution in [0.25, 0.3) is 0 Å². The van der Waals surface area contributed by atoms with E-state index in [0.29, 0.717) is 6.61 Å². The second-order valence-corrected chi connectivity index (χ2v) is 7.38. The molecule has 0 saturated heterocycles. The van der Waals surface area contributed by atoms with Gasteiger partial charge in [0.15, 0.2) is 0 Å². The molecule has 5 heteroatoms. The third-order valence-corrected chi connectivity index (χ3v) is 5.00. The van der Waals surface area contributed by atoms with Crippen LogP contribution in [0.1, 0.15) is 11.1 Å². The smallest absolute Gasteiger partial charge is 0.127 e. The molecule has 0 aromatic heterocycles. The number of hydrogen-bond acceptors (Lipinski definition) is 4. The zero-order valence-corrected chi connectivity index (χ0v) is 16.9. The van der Waals surface area contributed by atoms with Gasteiger partial charge in [-0.25, -0.2) is 0 Å². The summed E-state index contributed by atoms with van der Waals surface area (Å²) in [5.41, 5.74) is 2.37. The van der Waals surface area contributed by atoms with Gasteiger partial charge in [0.2, 0.25) is 0 Å². The Hall–Kier alpha value is -2.98. The van der Waals surface area contributed by atoms with Crippen molar-refractivity contribution in [3.63, 3.8) is 0 Å². The van der Waals surface area contributed by atoms with E-state index in [4.69, 9.17) is 21.1 Å². The number of halogens is 1. The Kier molecular flexibility index (Phi) is 6.32. The van der Waals surface area contributed by atoms with Gasteiger partial charge in [-0.15, -0.1) is 0 Å². The third kappa shape index (κ3) is 5.75. The molecular formula is C24H23ClN2O2. The molecule has 0 amide bonds. The first kappa shape index (κ1) is 19.3. The van der Waals surface area contributed by atoms with Crippen molar-refractivity contribution in [1.29, 1.82) is 0 Å². The average Bonchev–Trinajstić information content (AvgIpc) is 3.28. The summed E-state index contributed by atoms with van der Waals surface area (Å²) >= 11 is 5.90. The van der Waals surface area contributed by atoms with Gasteiger partial charge >= 0.3 is 0 Å². The van der Waals surface area contributed by atoms with Crippen molar-refractivity contribution in [2.45, 2.75) is 13.0 Å². The molecule has 148 valence electrons. The van der Waals surface area contributed by atoms with Crippen LogP contribution >= 0.6 is 11.6 Å². The lowest BCUT2D eigenvalue weighted by molar-refractivity contribution is 0.306. The molecule has 0 aliphatic carbocycles. The first-order chi connectivity index (χ1) is 14.2. The first-order valence-electron chi connectivity index (χ1n) is 9.73. The zero-order valence-electron chi connectivity index (χ0n) is 16.1. The Morgan fingerprint density at radius 3 is 2.07 bits per heavy atom. The fourth-order valence-corrected chi connectivity index (χ4v) is 3.20. The van der Waals surface area contributed by atoms with E-state index >= 15 is 0 Å². The van der Waals surface area contributed by atoms with Gasteiger partial charge in [0.05, 0.1) is 12.9 Å². The van der Waals surface area contributed by atoms with E-state index in [1.165, 1.54) is 5.56 Å². The minimum absolute atomic E-state index is 0.502. The summed E-state index contributed by atoms with van der Waals surface area (Å²) in [6.07, 6.45) is 2.95. The normalized spacial score (nSPS) is 12.9. The summed E-state index contributed by atoms with van der Waals surface area (Å²) in [6, 6.07) is 23.6. The Bertz CT molecular complexity index is 938. The number of nitrogens with zero attached hydrogens (tertiary/aromatic N) is 2. The van der Waals surface area contributed by atoms with E-state index in [2.05, 4.69) is 22.0 Å². The number of rotatable bonds is 8. The second-order valence-electron chi connectivity index (χ2n) is 6.94. The molecular weight excluding hydrogens is 384 g/mol. The molecule has 0 radical (unpaired) electrons. The lowest BCUT2D eigenvalue weighted by Crippen LogP contribution is -2.22. The SMILES string of the molecule is Clc1ccc(COc2ccc(Oc3ccc(CCN4C=NCC4)cc3)cc2)cc1. The highest BCUT2D eigenvalue weighted by molar-refractivity contribution is 6.30. The maximum atomic E-state index is 5.94. The van der Waals surface area contributed by atoms with Crippen LogP contribution in [0.3, 0.4) is 0 Å². The molecule has 0 bridgehead atoms. The minimum atomic E-state index is 0.502. The van der Waals surface area contributed by atoms with Crippen LogP contribution in [0.15, 0.2) is 77.8 Å². The molecule has 0 saturated carbocycles. The van der Waals surface area contributed by atoms with E-state index in [1.807, 2.05) is 67.0 Å². The molecule has 1 aliphatic heterocycles. The largest absolute Gasteiger partial charge is 0.489 e. The molecule has 0 atom stereocenters. The van der Waals surface area contributed by atoms with Crippen molar-refractivity contribution in [1.82, 2.24) is 4.90 Å². The van der Waals surface area contributed by atoms with Crippen molar-refractivity contribution in [3.05, 3.63) is 88.9 Å². The second kappa shape index (κ2) is 9.48. The maximum absolute atomic E-state index is 5.94. The van der Waals surface area contributed by atoms with Gasteiger partial charge in [0.25, 0.3) is 0 Å². The highest BCUT2D eigenvalue weighted by atomic mass is 35.5. The van der Waals surface area contributed by atoms with Crippen molar-refractivity contribution >= 4 is 17.9 Å². The number of benzene rings is 3. The number of hydrogen-bond donors (Lipinski definition) is 0. The van der Waals surface area contributed by atoms with Gasteiger partial charge in [-0.3, -0.25) is 4.99 Å². The number of aliphatic imine (C=N–C) groups is 1. The van der Waals surface area contributed by atoms with Crippen LogP contribution in [-0.2, 0) is 13.0 Å². The summed E-state index contributed by atoms with van der Waals surface area (Å²) in [5, 5.41) is 0.726. The first-order valence-corrected chi connectivity index (χ1v) is 10.1. The quantitative estimate of drug-likeness (QED) is 0.488. The van der Waals surface area contributed by atoms with Gasteiger partial charge in [0, 0.05) is 18.1 Å². The lowest BCUT2D eigenvalue weighted by atomic mass is 10.1. The van der Waals surface area contributed by atoms with E-state index in [-0.39, 0.29) is 0 Å². The molecule has 0 unspecified atom stereocenters. The predicted molar refractivity (Wildman–Crippen MR) is 117 cm³/mol. The fourth-order valence-electron chi connectivity index (χ4n) is 3.07. The van der Waals surface area contributed by atoms with Crippen LogP contribution in [0.4, 0.5) is 0 Å². The standard InChI is InChI=1S/C24H23ClN2O2/c25-21-5-1-20(2-6-21)17-28-22-9-11-24(12-10-22)29-23-7-3-19(4-8-23)13-15-27-16-14-26-18-27/h1-12,18H,13-17H2. The van der Waals surface area contributed by atoms with E-state index < -0.39 is 0 Å². The Morgan fingerprint density at radius 2 is 1.41 bits per heavy atom. The molecule has 29 heavy (non-hydrogen) atoms. The highest BCUT2D eigenvalue weighted by Gasteiger charge is 2.05. The van der Waals surface area contributed by atoms with Crippen LogP contribution in [-0.4, -0.2) is 30.9 Å². The monoisotopic (exact) mass is 406 g/mol. The van der Waals surface area contributed by atoms with Gasteiger partial charge in [0.1, 0.15) is 23.9 Å². The van der Waals surface area contributed by atoms with Gasteiger partial charge in [-0.2, -0.15) is 0 Å². The molecule has 1 aliphatic rings. The third-order valence-electron chi connectivity index (χ3n) is 4.75. The summed E-state index contributed by atoms with van der Waals surface area (Å²) in [6.45, 7) is 3.45. The van der Waals surface area contributed by atoms with Gasteiger partial charge in [-0.05, 0) is 66.1 Å². The molecule has 3 aromatic carbocycles. The average molecular weight is 407 g/mol. The van der Waals surface area contributed by atoms with Gasteiger partial charge < -0.3 is 14.4 Å². The fraction of sp³-hybridized carbons (Fsp3) is 0.208. The Labute approximate surface area is 176 Å². The molecule has 4 nitrogen and oxygen atoms in total. The Morgan fingerprint density at radius 1 is 0.793 bits per heavy atom. The van der Waals surface area contributed by atoms with Crippen LogP contribution in [0.2, 0.25) is 5.02 Å². The van der Waals surface area contributed by atoms with Crippen molar-refractivity contribution in [2.75, 3.05) is 19.6 Å². The summed E-state index contributed by atoms with van der Waals surface area (Å²) in [4.78, 5) is 6.49. The zero-order chi connectivity index (χ0) is 19.9. The minimum Gasteiger partial charge on any atom is -0.489 e. The van der Waals surface area contributed by atoms with Crippen LogP contribution in [0, 0.1) is 0 Å². The van der Waals surface area contributed by atoms with Crippen LogP contribution in [0.5, 0.6) is 17.2 Å². The van der Waals surface area contributed by atoms with Gasteiger partial charge in [-0.1, -0.05) is 35.9 Å². The summed E-state index contributed by atoms with van der Waals surface area (Å²) < 4.78 is 11.8. The maximum Gasteiger partial charge on any atom is 0.127 e. The molecule has 4 rings (SSSR count). The molecule has 0 spiro atoms. The Balaban J connectivity index is 1.26. The molecule has 1 heterocycles.